The van der Waals surface area contributed by atoms with Crippen LogP contribution in [0.5, 0.6) is 0 Å². The minimum absolute atomic E-state index is 0.0655. The summed E-state index contributed by atoms with van der Waals surface area (Å²) in [5.41, 5.74) is 1.40. The average Bonchev–Trinajstić information content (AvgIpc) is 2.88. The van der Waals surface area contributed by atoms with E-state index in [-0.39, 0.29) is 23.8 Å². The van der Waals surface area contributed by atoms with E-state index in [1.54, 1.807) is 38.9 Å². The molecule has 2 aliphatic heterocycles. The Hall–Kier alpha value is -2.64. The molecular formula is C30H46N4O5S. The average molecular weight is 575 g/mol. The lowest BCUT2D eigenvalue weighted by Gasteiger charge is -2.43. The highest BCUT2D eigenvalue weighted by Gasteiger charge is 2.43. The SMILES string of the molecule is CC(C)S(=O)(=O)N1CCC(c2ccc(C[C@@H](C#N)NC(=O)[C@@H]3[C@H](C)CC[C@H](C)N3C(=O)OC(C)(C)C)cc2)CC1. The number of sulfonamides is 1. The van der Waals surface area contributed by atoms with Crippen molar-refractivity contribution in [2.75, 3.05) is 13.1 Å². The van der Waals surface area contributed by atoms with Gasteiger partial charge in [0, 0.05) is 25.6 Å². The number of nitrogens with one attached hydrogen (secondary N) is 1. The number of rotatable bonds is 7. The Kier molecular flexibility index (Phi) is 10.3. The van der Waals surface area contributed by atoms with Gasteiger partial charge in [-0.3, -0.25) is 9.69 Å². The van der Waals surface area contributed by atoms with Crippen LogP contribution in [0.3, 0.4) is 0 Å². The summed E-state index contributed by atoms with van der Waals surface area (Å²) in [5.74, 6) is -0.117. The Morgan fingerprint density at radius 2 is 1.68 bits per heavy atom. The Balaban J connectivity index is 1.63. The third kappa shape index (κ3) is 7.76. The van der Waals surface area contributed by atoms with Crippen LogP contribution in [-0.4, -0.2) is 71.7 Å². The largest absolute Gasteiger partial charge is 0.444 e. The van der Waals surface area contributed by atoms with E-state index in [1.807, 2.05) is 38.1 Å². The van der Waals surface area contributed by atoms with E-state index in [9.17, 15) is 23.3 Å². The number of carbonyl (C=O) groups is 2. The lowest BCUT2D eigenvalue weighted by molar-refractivity contribution is -0.131. The van der Waals surface area contributed by atoms with Crippen molar-refractivity contribution in [1.82, 2.24) is 14.5 Å². The zero-order chi connectivity index (χ0) is 29.8. The molecule has 1 aromatic rings. The summed E-state index contributed by atoms with van der Waals surface area (Å²) in [6.45, 7) is 13.7. The highest BCUT2D eigenvalue weighted by atomic mass is 32.2. The van der Waals surface area contributed by atoms with Gasteiger partial charge in [0.1, 0.15) is 17.7 Å². The molecule has 1 N–H and O–H groups in total. The second-order valence-electron chi connectivity index (χ2n) is 12.6. The standard InChI is InChI=1S/C30H46N4O5S/c1-20(2)40(37,38)33-16-14-25(15-17-33)24-12-10-23(11-13-24)18-26(19-31)32-28(35)27-21(3)8-9-22(4)34(27)29(36)39-30(5,6)7/h10-13,20-22,25-27H,8-9,14-18H2,1-7H3,(H,32,35)/t21-,22+,26+,27+/m1/s1. The van der Waals surface area contributed by atoms with E-state index in [2.05, 4.69) is 11.4 Å². The molecule has 0 saturated carbocycles. The molecule has 4 atom stereocenters. The lowest BCUT2D eigenvalue weighted by Crippen LogP contribution is -2.60. The van der Waals surface area contributed by atoms with E-state index >= 15 is 0 Å². The molecule has 0 spiro atoms. The number of nitriles is 1. The van der Waals surface area contributed by atoms with E-state index in [4.69, 9.17) is 4.74 Å². The third-order valence-corrected chi connectivity index (χ3v) is 10.3. The van der Waals surface area contributed by atoms with Crippen LogP contribution in [0.2, 0.25) is 0 Å². The molecule has 0 bridgehead atoms. The van der Waals surface area contributed by atoms with Crippen molar-refractivity contribution in [1.29, 1.82) is 5.26 Å². The van der Waals surface area contributed by atoms with Crippen molar-refractivity contribution in [2.24, 2.45) is 5.92 Å². The number of benzene rings is 1. The molecule has 2 amide bonds. The summed E-state index contributed by atoms with van der Waals surface area (Å²) in [5, 5.41) is 12.3. The summed E-state index contributed by atoms with van der Waals surface area (Å²) < 4.78 is 32.1. The molecule has 9 nitrogen and oxygen atoms in total. The van der Waals surface area contributed by atoms with Gasteiger partial charge in [-0.15, -0.1) is 0 Å². The molecule has 2 heterocycles. The zero-order valence-electron chi connectivity index (χ0n) is 25.0. The van der Waals surface area contributed by atoms with Gasteiger partial charge in [0.2, 0.25) is 15.9 Å². The number of hydrogen-bond donors (Lipinski definition) is 1. The Bertz CT molecular complexity index is 1180. The molecule has 40 heavy (non-hydrogen) atoms. The minimum Gasteiger partial charge on any atom is -0.444 e. The van der Waals surface area contributed by atoms with Crippen LogP contribution >= 0.6 is 0 Å². The first kappa shape index (κ1) is 31.9. The minimum atomic E-state index is -3.23. The molecule has 0 aromatic heterocycles. The maximum absolute atomic E-state index is 13.4. The summed E-state index contributed by atoms with van der Waals surface area (Å²) in [7, 11) is -3.23. The van der Waals surface area contributed by atoms with Gasteiger partial charge in [-0.05, 0) is 90.2 Å². The van der Waals surface area contributed by atoms with Crippen LogP contribution in [0.25, 0.3) is 0 Å². The van der Waals surface area contributed by atoms with Crippen molar-refractivity contribution < 1.29 is 22.7 Å². The molecular weight excluding hydrogens is 528 g/mol. The highest BCUT2D eigenvalue weighted by Crippen LogP contribution is 2.31. The summed E-state index contributed by atoms with van der Waals surface area (Å²) in [4.78, 5) is 28.0. The number of amides is 2. The molecule has 222 valence electrons. The topological polar surface area (TPSA) is 120 Å². The Morgan fingerprint density at radius 3 is 2.20 bits per heavy atom. The van der Waals surface area contributed by atoms with Crippen LogP contribution in [0, 0.1) is 17.2 Å². The van der Waals surface area contributed by atoms with Crippen LogP contribution in [-0.2, 0) is 26.0 Å². The van der Waals surface area contributed by atoms with E-state index in [1.165, 1.54) is 4.90 Å². The van der Waals surface area contributed by atoms with Crippen LogP contribution in [0.4, 0.5) is 4.79 Å². The van der Waals surface area contributed by atoms with Gasteiger partial charge in [-0.1, -0.05) is 31.2 Å². The summed E-state index contributed by atoms with van der Waals surface area (Å²) in [6, 6.07) is 8.64. The number of carbonyl (C=O) groups excluding carboxylic acids is 2. The van der Waals surface area contributed by atoms with Crippen molar-refractivity contribution in [2.45, 2.75) is 115 Å². The van der Waals surface area contributed by atoms with Crippen LogP contribution in [0.15, 0.2) is 24.3 Å². The molecule has 10 heteroatoms. The first-order valence-electron chi connectivity index (χ1n) is 14.4. The molecule has 2 fully saturated rings. The van der Waals surface area contributed by atoms with Crippen molar-refractivity contribution in [3.63, 3.8) is 0 Å². The Labute approximate surface area is 240 Å². The number of ether oxygens (including phenoxy) is 1. The predicted octanol–water partition coefficient (Wildman–Crippen LogP) is 4.58. The quantitative estimate of drug-likeness (QED) is 0.509. The number of likely N-dealkylation sites (tertiary alicyclic amines) is 1. The Morgan fingerprint density at radius 1 is 1.07 bits per heavy atom. The highest BCUT2D eigenvalue weighted by molar-refractivity contribution is 7.89. The maximum Gasteiger partial charge on any atom is 0.411 e. The number of piperidine rings is 2. The van der Waals surface area contributed by atoms with Gasteiger partial charge in [-0.25, -0.2) is 17.5 Å². The fourth-order valence-corrected chi connectivity index (χ4v) is 6.95. The summed E-state index contributed by atoms with van der Waals surface area (Å²) in [6.07, 6.45) is 2.97. The van der Waals surface area contributed by atoms with Gasteiger partial charge in [0.05, 0.1) is 11.3 Å². The molecule has 3 rings (SSSR count). The van der Waals surface area contributed by atoms with Crippen molar-refractivity contribution in [3.05, 3.63) is 35.4 Å². The molecule has 1 aromatic carbocycles. The predicted molar refractivity (Wildman–Crippen MR) is 155 cm³/mol. The van der Waals surface area contributed by atoms with E-state index in [0.29, 0.717) is 19.5 Å². The third-order valence-electron chi connectivity index (χ3n) is 8.00. The van der Waals surface area contributed by atoms with Gasteiger partial charge in [0.25, 0.3) is 0 Å². The van der Waals surface area contributed by atoms with Crippen molar-refractivity contribution >= 4 is 22.0 Å². The second-order valence-corrected chi connectivity index (χ2v) is 15.1. The smallest absolute Gasteiger partial charge is 0.411 e. The molecule has 2 aliphatic rings. The zero-order valence-corrected chi connectivity index (χ0v) is 25.8. The fraction of sp³-hybridized carbons (Fsp3) is 0.700. The number of hydrogen-bond acceptors (Lipinski definition) is 6. The monoisotopic (exact) mass is 574 g/mol. The second kappa shape index (κ2) is 12.9. The van der Waals surface area contributed by atoms with Crippen LogP contribution < -0.4 is 5.32 Å². The molecule has 0 unspecified atom stereocenters. The van der Waals surface area contributed by atoms with Gasteiger partial charge >= 0.3 is 6.09 Å². The molecule has 0 aliphatic carbocycles. The first-order valence-corrected chi connectivity index (χ1v) is 15.9. The maximum atomic E-state index is 13.4. The first-order chi connectivity index (χ1) is 18.6. The summed E-state index contributed by atoms with van der Waals surface area (Å²) >= 11 is 0. The van der Waals surface area contributed by atoms with Gasteiger partial charge < -0.3 is 10.1 Å². The lowest BCUT2D eigenvalue weighted by atomic mass is 9.86. The molecule has 2 saturated heterocycles. The van der Waals surface area contributed by atoms with Gasteiger partial charge in [0.15, 0.2) is 0 Å². The fourth-order valence-electron chi connectivity index (χ4n) is 5.63. The van der Waals surface area contributed by atoms with Crippen molar-refractivity contribution in [3.8, 4) is 6.07 Å². The molecule has 0 radical (unpaired) electrons. The van der Waals surface area contributed by atoms with E-state index < -0.39 is 39.1 Å². The van der Waals surface area contributed by atoms with Gasteiger partial charge in [-0.2, -0.15) is 5.26 Å². The van der Waals surface area contributed by atoms with E-state index in [0.717, 1.165) is 36.8 Å². The number of nitrogens with zero attached hydrogens (tertiary/aromatic N) is 3. The van der Waals surface area contributed by atoms with Crippen LogP contribution in [0.1, 0.15) is 91.2 Å². The normalized spacial score (nSPS) is 23.9.